The summed E-state index contributed by atoms with van der Waals surface area (Å²) in [6.45, 7) is 2.19. The Balaban J connectivity index is 1.57. The van der Waals surface area contributed by atoms with Crippen LogP contribution >= 0.6 is 0 Å². The lowest BCUT2D eigenvalue weighted by Crippen LogP contribution is -2.35. The molecule has 1 aliphatic carbocycles. The van der Waals surface area contributed by atoms with Gasteiger partial charge in [-0.2, -0.15) is 5.10 Å². The van der Waals surface area contributed by atoms with E-state index in [2.05, 4.69) is 20.7 Å². The van der Waals surface area contributed by atoms with Crippen LogP contribution in [-0.2, 0) is 13.1 Å². The zero-order chi connectivity index (χ0) is 15.1. The highest BCUT2D eigenvalue weighted by molar-refractivity contribution is 5.85. The molecule has 7 heteroatoms. The second-order valence-electron chi connectivity index (χ2n) is 5.88. The highest BCUT2D eigenvalue weighted by Crippen LogP contribution is 2.36. The van der Waals surface area contributed by atoms with Crippen molar-refractivity contribution in [3.8, 4) is 0 Å². The molecule has 3 heterocycles. The van der Waals surface area contributed by atoms with E-state index in [9.17, 15) is 4.79 Å². The van der Waals surface area contributed by atoms with Gasteiger partial charge in [0.05, 0.1) is 24.5 Å². The summed E-state index contributed by atoms with van der Waals surface area (Å²) in [5.74, 6) is 0.0636. The van der Waals surface area contributed by atoms with Crippen molar-refractivity contribution in [2.45, 2.75) is 38.3 Å². The number of aromatic carboxylic acids is 1. The Labute approximate surface area is 127 Å². The van der Waals surface area contributed by atoms with Gasteiger partial charge >= 0.3 is 5.97 Å². The SMILES string of the molecule is O=C(O)c1ccnc(N2CCn3nc(C4CCC4)cc3C2)n1. The minimum absolute atomic E-state index is 0.0271. The molecule has 0 radical (unpaired) electrons. The average molecular weight is 299 g/mol. The van der Waals surface area contributed by atoms with Crippen LogP contribution in [0.3, 0.4) is 0 Å². The summed E-state index contributed by atoms with van der Waals surface area (Å²) in [5.41, 5.74) is 2.38. The second-order valence-corrected chi connectivity index (χ2v) is 5.88. The molecule has 0 unspecified atom stereocenters. The zero-order valence-electron chi connectivity index (χ0n) is 12.1. The minimum Gasteiger partial charge on any atom is -0.477 e. The summed E-state index contributed by atoms with van der Waals surface area (Å²) in [5, 5.41) is 13.7. The van der Waals surface area contributed by atoms with E-state index in [-0.39, 0.29) is 5.69 Å². The molecule has 0 amide bonds. The van der Waals surface area contributed by atoms with Crippen molar-refractivity contribution in [1.29, 1.82) is 0 Å². The molecular formula is C15H17N5O2. The van der Waals surface area contributed by atoms with Crippen molar-refractivity contribution < 1.29 is 9.90 Å². The fourth-order valence-corrected chi connectivity index (χ4v) is 2.98. The molecule has 114 valence electrons. The van der Waals surface area contributed by atoms with Gasteiger partial charge in [0.1, 0.15) is 0 Å². The van der Waals surface area contributed by atoms with Gasteiger partial charge in [0.25, 0.3) is 0 Å². The van der Waals surface area contributed by atoms with Gasteiger partial charge < -0.3 is 10.0 Å². The van der Waals surface area contributed by atoms with Crippen LogP contribution in [0.5, 0.6) is 0 Å². The van der Waals surface area contributed by atoms with Crippen LogP contribution in [0.15, 0.2) is 18.3 Å². The van der Waals surface area contributed by atoms with Gasteiger partial charge in [-0.3, -0.25) is 4.68 Å². The van der Waals surface area contributed by atoms with Gasteiger partial charge in [0, 0.05) is 18.7 Å². The molecule has 2 aromatic heterocycles. The molecule has 1 fully saturated rings. The molecule has 1 aliphatic heterocycles. The quantitative estimate of drug-likeness (QED) is 0.928. The van der Waals surface area contributed by atoms with Crippen LogP contribution in [0.1, 0.15) is 47.1 Å². The molecule has 1 saturated carbocycles. The molecule has 2 aliphatic rings. The van der Waals surface area contributed by atoms with Crippen molar-refractivity contribution in [1.82, 2.24) is 19.7 Å². The van der Waals surface area contributed by atoms with E-state index < -0.39 is 5.97 Å². The van der Waals surface area contributed by atoms with E-state index >= 15 is 0 Å². The molecule has 0 aromatic carbocycles. The number of carboxylic acids is 1. The summed E-state index contributed by atoms with van der Waals surface area (Å²) >= 11 is 0. The van der Waals surface area contributed by atoms with E-state index in [0.717, 1.165) is 18.8 Å². The van der Waals surface area contributed by atoms with Crippen LogP contribution in [0, 0.1) is 0 Å². The summed E-state index contributed by atoms with van der Waals surface area (Å²) in [4.78, 5) is 21.4. The van der Waals surface area contributed by atoms with Gasteiger partial charge in [0.2, 0.25) is 5.95 Å². The number of carbonyl (C=O) groups is 1. The molecule has 22 heavy (non-hydrogen) atoms. The lowest BCUT2D eigenvalue weighted by atomic mass is 9.83. The highest BCUT2D eigenvalue weighted by atomic mass is 16.4. The van der Waals surface area contributed by atoms with Crippen molar-refractivity contribution in [2.24, 2.45) is 0 Å². The van der Waals surface area contributed by atoms with Crippen LogP contribution in [-0.4, -0.2) is 37.4 Å². The predicted octanol–water partition coefficient (Wildman–Crippen LogP) is 1.66. The number of rotatable bonds is 3. The number of aromatic nitrogens is 4. The van der Waals surface area contributed by atoms with E-state index in [1.54, 1.807) is 0 Å². The summed E-state index contributed by atoms with van der Waals surface area (Å²) in [7, 11) is 0. The zero-order valence-corrected chi connectivity index (χ0v) is 12.1. The normalized spacial score (nSPS) is 17.9. The predicted molar refractivity (Wildman–Crippen MR) is 78.9 cm³/mol. The summed E-state index contributed by atoms with van der Waals surface area (Å²) in [6.07, 6.45) is 5.28. The Morgan fingerprint density at radius 1 is 1.32 bits per heavy atom. The molecule has 0 spiro atoms. The maximum Gasteiger partial charge on any atom is 0.354 e. The average Bonchev–Trinajstić information content (AvgIpc) is 2.87. The van der Waals surface area contributed by atoms with Crippen molar-refractivity contribution in [3.05, 3.63) is 35.4 Å². The third-order valence-corrected chi connectivity index (χ3v) is 4.49. The number of fused-ring (bicyclic) bond motifs is 1. The first-order valence-electron chi connectivity index (χ1n) is 7.58. The highest BCUT2D eigenvalue weighted by Gasteiger charge is 2.26. The van der Waals surface area contributed by atoms with Gasteiger partial charge in [-0.25, -0.2) is 14.8 Å². The van der Waals surface area contributed by atoms with Gasteiger partial charge in [-0.05, 0) is 25.0 Å². The second kappa shape index (κ2) is 5.08. The third-order valence-electron chi connectivity index (χ3n) is 4.49. The molecule has 2 aromatic rings. The molecule has 4 rings (SSSR count). The van der Waals surface area contributed by atoms with E-state index in [1.807, 2.05) is 4.90 Å². The van der Waals surface area contributed by atoms with Crippen LogP contribution in [0.25, 0.3) is 0 Å². The van der Waals surface area contributed by atoms with E-state index in [4.69, 9.17) is 10.2 Å². The third kappa shape index (κ3) is 2.22. The Hall–Kier alpha value is -2.44. The molecule has 0 saturated heterocycles. The number of anilines is 1. The first-order valence-corrected chi connectivity index (χ1v) is 7.58. The standard InChI is InChI=1S/C15H17N5O2/c21-14(22)12-4-5-16-15(17-12)19-6-7-20-11(9-19)8-13(18-20)10-2-1-3-10/h4-5,8,10H,1-3,6-7,9H2,(H,21,22). The van der Waals surface area contributed by atoms with Crippen LogP contribution < -0.4 is 4.90 Å². The number of hydrogen-bond donors (Lipinski definition) is 1. The molecule has 0 bridgehead atoms. The molecule has 1 N–H and O–H groups in total. The summed E-state index contributed by atoms with van der Waals surface area (Å²) in [6, 6.07) is 3.59. The molecule has 7 nitrogen and oxygen atoms in total. The molecular weight excluding hydrogens is 282 g/mol. The number of carboxylic acid groups (broad SMARTS) is 1. The topological polar surface area (TPSA) is 84.1 Å². The Kier molecular flexibility index (Phi) is 3.06. The van der Waals surface area contributed by atoms with Gasteiger partial charge in [0.15, 0.2) is 5.69 Å². The Morgan fingerprint density at radius 3 is 2.91 bits per heavy atom. The van der Waals surface area contributed by atoms with Crippen LogP contribution in [0.2, 0.25) is 0 Å². The first kappa shape index (κ1) is 13.2. The lowest BCUT2D eigenvalue weighted by molar-refractivity contribution is 0.0690. The van der Waals surface area contributed by atoms with Gasteiger partial charge in [-0.15, -0.1) is 0 Å². The van der Waals surface area contributed by atoms with Crippen molar-refractivity contribution in [2.75, 3.05) is 11.4 Å². The number of hydrogen-bond acceptors (Lipinski definition) is 5. The van der Waals surface area contributed by atoms with E-state index in [0.29, 0.717) is 18.4 Å². The maximum absolute atomic E-state index is 11.0. The lowest BCUT2D eigenvalue weighted by Gasteiger charge is -2.27. The smallest absolute Gasteiger partial charge is 0.354 e. The van der Waals surface area contributed by atoms with Crippen molar-refractivity contribution >= 4 is 11.9 Å². The van der Waals surface area contributed by atoms with Crippen LogP contribution in [0.4, 0.5) is 5.95 Å². The fourth-order valence-electron chi connectivity index (χ4n) is 2.98. The van der Waals surface area contributed by atoms with E-state index in [1.165, 1.54) is 37.2 Å². The first-order chi connectivity index (χ1) is 10.7. The molecule has 0 atom stereocenters. The Bertz CT molecular complexity index is 722. The monoisotopic (exact) mass is 299 g/mol. The largest absolute Gasteiger partial charge is 0.477 e. The summed E-state index contributed by atoms with van der Waals surface area (Å²) < 4.78 is 2.06. The van der Waals surface area contributed by atoms with Gasteiger partial charge in [-0.1, -0.05) is 6.42 Å². The number of nitrogens with zero attached hydrogens (tertiary/aromatic N) is 5. The Morgan fingerprint density at radius 2 is 2.18 bits per heavy atom. The fraction of sp³-hybridized carbons (Fsp3) is 0.467. The van der Waals surface area contributed by atoms with Crippen molar-refractivity contribution in [3.63, 3.8) is 0 Å². The minimum atomic E-state index is -1.03. The maximum atomic E-state index is 11.0.